The molecule has 0 radical (unpaired) electrons. The molecular formula is C49H29NO2. The van der Waals surface area contributed by atoms with E-state index in [4.69, 9.17) is 4.42 Å². The highest BCUT2D eigenvalue weighted by Crippen LogP contribution is 2.41. The fourth-order valence-corrected chi connectivity index (χ4v) is 8.26. The highest BCUT2D eigenvalue weighted by molar-refractivity contribution is 6.23. The summed E-state index contributed by atoms with van der Waals surface area (Å²) in [5.74, 6) is 0. The lowest BCUT2D eigenvalue weighted by molar-refractivity contribution is 0.661. The van der Waals surface area contributed by atoms with Gasteiger partial charge in [0.15, 0.2) is 0 Å². The minimum atomic E-state index is -0.00890. The van der Waals surface area contributed by atoms with E-state index < -0.39 is 0 Å². The average molecular weight is 664 g/mol. The largest absolute Gasteiger partial charge is 0.455 e. The van der Waals surface area contributed by atoms with Gasteiger partial charge >= 0.3 is 0 Å². The van der Waals surface area contributed by atoms with Gasteiger partial charge in [-0.3, -0.25) is 4.79 Å². The quantitative estimate of drug-likeness (QED) is 0.176. The van der Waals surface area contributed by atoms with Crippen LogP contribution in [0.1, 0.15) is 0 Å². The topological polar surface area (TPSA) is 34.6 Å². The van der Waals surface area contributed by atoms with Gasteiger partial charge in [0.05, 0.1) is 27.3 Å². The van der Waals surface area contributed by atoms with E-state index in [2.05, 4.69) is 138 Å². The summed E-state index contributed by atoms with van der Waals surface area (Å²) >= 11 is 0. The fraction of sp³-hybridized carbons (Fsp3) is 0. The minimum Gasteiger partial charge on any atom is -0.455 e. The lowest BCUT2D eigenvalue weighted by Crippen LogP contribution is -2.02. The Labute approximate surface area is 298 Å². The Morgan fingerprint density at radius 2 is 0.923 bits per heavy atom. The lowest BCUT2D eigenvalue weighted by atomic mass is 9.92. The van der Waals surface area contributed by atoms with Crippen molar-refractivity contribution in [2.75, 3.05) is 0 Å². The van der Waals surface area contributed by atoms with Crippen LogP contribution >= 0.6 is 0 Å². The molecule has 8 aromatic carbocycles. The lowest BCUT2D eigenvalue weighted by Gasteiger charge is -2.13. The summed E-state index contributed by atoms with van der Waals surface area (Å²) in [6, 6.07) is 61.6. The Kier molecular flexibility index (Phi) is 6.11. The second-order valence-electron chi connectivity index (χ2n) is 13.6. The van der Waals surface area contributed by atoms with Crippen molar-refractivity contribution >= 4 is 60.0 Å². The van der Waals surface area contributed by atoms with Gasteiger partial charge in [-0.2, -0.15) is 0 Å². The van der Waals surface area contributed by atoms with Crippen LogP contribution in [0.15, 0.2) is 185 Å². The van der Waals surface area contributed by atoms with Crippen molar-refractivity contribution < 1.29 is 4.42 Å². The first-order valence-electron chi connectivity index (χ1n) is 17.6. The van der Waals surface area contributed by atoms with E-state index >= 15 is 0 Å². The number of hydrogen-bond donors (Lipinski definition) is 0. The molecule has 0 aliphatic rings. The SMILES string of the molecule is O=c1c2ccccc2oc2c(-c3ccc(-c4cc(-c5ccccc5)cc(-c5ccc6c7cccc8c9ccccc9n(c6c5)c87)c4)cc3)cccc12. The summed E-state index contributed by atoms with van der Waals surface area (Å²) in [7, 11) is 0. The maximum absolute atomic E-state index is 13.4. The number of benzene rings is 8. The molecule has 0 spiro atoms. The molecule has 11 aromatic rings. The van der Waals surface area contributed by atoms with Crippen LogP contribution in [-0.4, -0.2) is 4.40 Å². The molecule has 242 valence electrons. The molecule has 0 aliphatic heterocycles. The smallest absolute Gasteiger partial charge is 0.200 e. The maximum Gasteiger partial charge on any atom is 0.200 e. The molecule has 0 amide bonds. The second-order valence-corrected chi connectivity index (χ2v) is 13.6. The third-order valence-electron chi connectivity index (χ3n) is 10.7. The van der Waals surface area contributed by atoms with Crippen LogP contribution in [-0.2, 0) is 0 Å². The molecule has 3 nitrogen and oxygen atoms in total. The predicted octanol–water partition coefficient (Wildman–Crippen LogP) is 12.8. The van der Waals surface area contributed by atoms with Crippen LogP contribution in [0.2, 0.25) is 0 Å². The molecular weight excluding hydrogens is 635 g/mol. The van der Waals surface area contributed by atoms with Gasteiger partial charge in [-0.05, 0) is 87.5 Å². The third-order valence-corrected chi connectivity index (χ3v) is 10.7. The number of nitrogens with zero attached hydrogens (tertiary/aromatic N) is 1. The van der Waals surface area contributed by atoms with E-state index in [1.807, 2.05) is 42.5 Å². The molecule has 0 aliphatic carbocycles. The monoisotopic (exact) mass is 663 g/mol. The van der Waals surface area contributed by atoms with Crippen molar-refractivity contribution in [3.05, 3.63) is 186 Å². The first kappa shape index (κ1) is 28.8. The second kappa shape index (κ2) is 11.0. The van der Waals surface area contributed by atoms with Gasteiger partial charge in [0.1, 0.15) is 11.2 Å². The summed E-state index contributed by atoms with van der Waals surface area (Å²) in [5, 5.41) is 6.31. The molecule has 0 bridgehead atoms. The van der Waals surface area contributed by atoms with Gasteiger partial charge in [0.25, 0.3) is 0 Å². The van der Waals surface area contributed by atoms with Crippen LogP contribution in [0.3, 0.4) is 0 Å². The standard InChI is InChI=1S/C49H29NO2/c51-48-42-13-5-7-19-46(42)52-49-37(14-8-17-43(48)49)32-22-20-31(21-23-32)35-26-34(30-10-2-1-3-11-30)27-36(28-35)33-24-25-39-41-16-9-15-40-38-12-4-6-18-44(38)50(47(40)41)45(39)29-33/h1-29H. The van der Waals surface area contributed by atoms with E-state index in [9.17, 15) is 4.79 Å². The van der Waals surface area contributed by atoms with Gasteiger partial charge < -0.3 is 8.82 Å². The number of para-hydroxylation sites is 4. The van der Waals surface area contributed by atoms with Crippen molar-refractivity contribution in [3.8, 4) is 44.5 Å². The highest BCUT2D eigenvalue weighted by Gasteiger charge is 2.18. The normalized spacial score (nSPS) is 11.9. The van der Waals surface area contributed by atoms with Crippen molar-refractivity contribution in [2.45, 2.75) is 0 Å². The zero-order chi connectivity index (χ0) is 34.3. The van der Waals surface area contributed by atoms with E-state index in [-0.39, 0.29) is 5.43 Å². The van der Waals surface area contributed by atoms with Gasteiger partial charge in [0.2, 0.25) is 5.43 Å². The van der Waals surface area contributed by atoms with Gasteiger partial charge in [-0.25, -0.2) is 0 Å². The Morgan fingerprint density at radius 3 is 1.71 bits per heavy atom. The molecule has 3 aromatic heterocycles. The number of rotatable bonds is 4. The minimum absolute atomic E-state index is 0.00890. The fourth-order valence-electron chi connectivity index (χ4n) is 8.26. The molecule has 3 heteroatoms. The zero-order valence-corrected chi connectivity index (χ0v) is 28.0. The maximum atomic E-state index is 13.4. The summed E-state index contributed by atoms with van der Waals surface area (Å²) in [4.78, 5) is 13.4. The van der Waals surface area contributed by atoms with Gasteiger partial charge in [-0.1, -0.05) is 127 Å². The molecule has 0 unspecified atom stereocenters. The number of aromatic nitrogens is 1. The Balaban J connectivity index is 1.07. The summed E-state index contributed by atoms with van der Waals surface area (Å²) in [6.07, 6.45) is 0. The van der Waals surface area contributed by atoms with Crippen LogP contribution in [0.4, 0.5) is 0 Å². The van der Waals surface area contributed by atoms with E-state index in [0.717, 1.165) is 33.4 Å². The Hall–Kier alpha value is -6.97. The van der Waals surface area contributed by atoms with Crippen LogP contribution in [0.5, 0.6) is 0 Å². The van der Waals surface area contributed by atoms with E-state index in [1.54, 1.807) is 0 Å². The molecule has 3 heterocycles. The molecule has 0 saturated heterocycles. The molecule has 0 N–H and O–H groups in total. The van der Waals surface area contributed by atoms with Crippen LogP contribution in [0, 0.1) is 0 Å². The summed E-state index contributed by atoms with van der Waals surface area (Å²) in [5.41, 5.74) is 13.8. The molecule has 52 heavy (non-hydrogen) atoms. The van der Waals surface area contributed by atoms with Crippen molar-refractivity contribution in [3.63, 3.8) is 0 Å². The van der Waals surface area contributed by atoms with Crippen molar-refractivity contribution in [1.29, 1.82) is 0 Å². The Morgan fingerprint density at radius 1 is 0.365 bits per heavy atom. The molecule has 0 fully saturated rings. The third kappa shape index (κ3) is 4.23. The van der Waals surface area contributed by atoms with Crippen molar-refractivity contribution in [2.24, 2.45) is 0 Å². The highest BCUT2D eigenvalue weighted by atomic mass is 16.3. The van der Waals surface area contributed by atoms with Crippen LogP contribution in [0.25, 0.3) is 105 Å². The Bertz CT molecular complexity index is 3240. The number of hydrogen-bond acceptors (Lipinski definition) is 2. The first-order valence-corrected chi connectivity index (χ1v) is 17.6. The summed E-state index contributed by atoms with van der Waals surface area (Å²) < 4.78 is 8.79. The average Bonchev–Trinajstić information content (AvgIpc) is 3.73. The molecule has 11 rings (SSSR count). The molecule has 0 saturated carbocycles. The van der Waals surface area contributed by atoms with E-state index in [1.165, 1.54) is 49.2 Å². The van der Waals surface area contributed by atoms with Gasteiger partial charge in [0, 0.05) is 27.1 Å². The molecule has 0 atom stereocenters. The first-order chi connectivity index (χ1) is 25.7. The number of fused-ring (bicyclic) bond motifs is 8. The zero-order valence-electron chi connectivity index (χ0n) is 28.0. The van der Waals surface area contributed by atoms with Crippen molar-refractivity contribution in [1.82, 2.24) is 4.40 Å². The van der Waals surface area contributed by atoms with Crippen LogP contribution < -0.4 is 5.43 Å². The van der Waals surface area contributed by atoms with Gasteiger partial charge in [-0.15, -0.1) is 0 Å². The summed E-state index contributed by atoms with van der Waals surface area (Å²) in [6.45, 7) is 0. The predicted molar refractivity (Wildman–Crippen MR) is 216 cm³/mol. The van der Waals surface area contributed by atoms with E-state index in [0.29, 0.717) is 21.9 Å².